The Morgan fingerprint density at radius 2 is 1.91 bits per heavy atom. The Balaban J connectivity index is 2.00. The van der Waals surface area contributed by atoms with Crippen LogP contribution in [0.5, 0.6) is 0 Å². The van der Waals surface area contributed by atoms with Crippen molar-refractivity contribution in [2.75, 3.05) is 16.4 Å². The summed E-state index contributed by atoms with van der Waals surface area (Å²) in [5.74, 6) is 0.995. The maximum atomic E-state index is 11.2. The molecule has 22 heavy (non-hydrogen) atoms. The second-order valence-corrected chi connectivity index (χ2v) is 6.97. The van der Waals surface area contributed by atoms with Crippen LogP contribution in [0.15, 0.2) is 6.20 Å². The number of primary amides is 1. The molecule has 0 unspecified atom stereocenters. The Kier molecular flexibility index (Phi) is 4.73. The van der Waals surface area contributed by atoms with Crippen molar-refractivity contribution in [3.63, 3.8) is 0 Å². The highest BCUT2D eigenvalue weighted by Gasteiger charge is 2.25. The Bertz CT molecular complexity index is 531. The van der Waals surface area contributed by atoms with Crippen LogP contribution in [0, 0.1) is 5.92 Å². The van der Waals surface area contributed by atoms with Crippen molar-refractivity contribution in [3.8, 4) is 0 Å². The number of nitrogens with zero attached hydrogens (tertiary/aromatic N) is 2. The molecule has 1 amide bonds. The number of aromatic nitrogens is 2. The number of hydrogen-bond donors (Lipinski definition) is 4. The van der Waals surface area contributed by atoms with Crippen molar-refractivity contribution in [3.05, 3.63) is 6.20 Å². The lowest BCUT2D eigenvalue weighted by Crippen LogP contribution is -2.33. The van der Waals surface area contributed by atoms with Gasteiger partial charge < -0.3 is 22.1 Å². The third kappa shape index (κ3) is 4.47. The van der Waals surface area contributed by atoms with Crippen LogP contribution in [-0.4, -0.2) is 27.5 Å². The minimum atomic E-state index is -0.198. The van der Waals surface area contributed by atoms with Crippen molar-refractivity contribution in [1.82, 2.24) is 9.97 Å². The van der Waals surface area contributed by atoms with Crippen LogP contribution in [0.2, 0.25) is 0 Å². The van der Waals surface area contributed by atoms with Gasteiger partial charge in [-0.3, -0.25) is 4.79 Å². The van der Waals surface area contributed by atoms with E-state index in [0.717, 1.165) is 25.7 Å². The summed E-state index contributed by atoms with van der Waals surface area (Å²) in [7, 11) is 0. The van der Waals surface area contributed by atoms with Crippen LogP contribution in [0.3, 0.4) is 0 Å². The van der Waals surface area contributed by atoms with E-state index in [0.29, 0.717) is 17.5 Å². The van der Waals surface area contributed by atoms with E-state index in [1.165, 1.54) is 0 Å². The zero-order valence-electron chi connectivity index (χ0n) is 13.5. The molecule has 1 heterocycles. The number of nitrogens with one attached hydrogen (secondary N) is 2. The highest BCUT2D eigenvalue weighted by molar-refractivity contribution is 5.76. The number of anilines is 3. The predicted octanol–water partition coefficient (Wildman–Crippen LogP) is 1.73. The Labute approximate surface area is 131 Å². The molecule has 7 nitrogen and oxygen atoms in total. The molecule has 1 aliphatic rings. The molecule has 1 saturated carbocycles. The molecule has 2 rings (SSSR count). The molecule has 1 aromatic rings. The van der Waals surface area contributed by atoms with E-state index < -0.39 is 0 Å². The standard InChI is InChI=1S/C15H26N6O/c1-15(2,3)21-14-18-8-11(16)13(20-14)19-10-6-4-9(5-7-10)12(17)22/h8-10H,4-7,16H2,1-3H3,(H2,17,22)(H2,18,19,20,21). The smallest absolute Gasteiger partial charge is 0.225 e. The quantitative estimate of drug-likeness (QED) is 0.672. The molecule has 1 aliphatic carbocycles. The van der Waals surface area contributed by atoms with Crippen molar-refractivity contribution in [2.24, 2.45) is 11.7 Å². The van der Waals surface area contributed by atoms with Gasteiger partial charge in [0.15, 0.2) is 5.82 Å². The lowest BCUT2D eigenvalue weighted by atomic mass is 9.85. The van der Waals surface area contributed by atoms with Crippen LogP contribution in [0.1, 0.15) is 46.5 Å². The van der Waals surface area contributed by atoms with Crippen molar-refractivity contribution < 1.29 is 4.79 Å². The maximum absolute atomic E-state index is 11.2. The molecule has 0 radical (unpaired) electrons. The number of amides is 1. The normalized spacial score (nSPS) is 22.1. The van der Waals surface area contributed by atoms with E-state index in [1.54, 1.807) is 6.20 Å². The largest absolute Gasteiger partial charge is 0.394 e. The molecule has 1 aromatic heterocycles. The summed E-state index contributed by atoms with van der Waals surface area (Å²) in [6.07, 6.45) is 5.01. The van der Waals surface area contributed by atoms with Gasteiger partial charge in [0.05, 0.1) is 11.9 Å². The van der Waals surface area contributed by atoms with Gasteiger partial charge in [0, 0.05) is 17.5 Å². The van der Waals surface area contributed by atoms with Gasteiger partial charge in [-0.2, -0.15) is 4.98 Å². The molecule has 0 spiro atoms. The lowest BCUT2D eigenvalue weighted by Gasteiger charge is -2.28. The first-order valence-electron chi connectivity index (χ1n) is 7.71. The molecule has 0 bridgehead atoms. The highest BCUT2D eigenvalue weighted by Crippen LogP contribution is 2.27. The molecule has 6 N–H and O–H groups in total. The van der Waals surface area contributed by atoms with Crippen LogP contribution in [-0.2, 0) is 4.79 Å². The summed E-state index contributed by atoms with van der Waals surface area (Å²) in [6, 6.07) is 0.260. The van der Waals surface area contributed by atoms with E-state index in [1.807, 2.05) is 20.8 Å². The summed E-state index contributed by atoms with van der Waals surface area (Å²) in [5.41, 5.74) is 11.7. The summed E-state index contributed by atoms with van der Waals surface area (Å²) in [5, 5.41) is 6.60. The van der Waals surface area contributed by atoms with Crippen molar-refractivity contribution >= 4 is 23.4 Å². The first-order chi connectivity index (χ1) is 10.2. The third-order valence-corrected chi connectivity index (χ3v) is 3.77. The van der Waals surface area contributed by atoms with Gasteiger partial charge >= 0.3 is 0 Å². The molecule has 122 valence electrons. The van der Waals surface area contributed by atoms with Gasteiger partial charge in [-0.25, -0.2) is 4.98 Å². The van der Waals surface area contributed by atoms with Crippen LogP contribution in [0.25, 0.3) is 0 Å². The minimum Gasteiger partial charge on any atom is -0.394 e. The minimum absolute atomic E-state index is 0.00101. The first-order valence-corrected chi connectivity index (χ1v) is 7.71. The Morgan fingerprint density at radius 1 is 1.27 bits per heavy atom. The Morgan fingerprint density at radius 3 is 2.45 bits per heavy atom. The number of carbonyl (C=O) groups excluding carboxylic acids is 1. The average Bonchev–Trinajstić information content (AvgIpc) is 2.41. The summed E-state index contributed by atoms with van der Waals surface area (Å²) >= 11 is 0. The van der Waals surface area contributed by atoms with E-state index in [-0.39, 0.29) is 23.4 Å². The first kappa shape index (κ1) is 16.3. The number of hydrogen-bond acceptors (Lipinski definition) is 6. The van der Waals surface area contributed by atoms with Gasteiger partial charge in [0.2, 0.25) is 11.9 Å². The van der Waals surface area contributed by atoms with E-state index in [9.17, 15) is 4.79 Å². The topological polar surface area (TPSA) is 119 Å². The molecule has 1 fully saturated rings. The summed E-state index contributed by atoms with van der Waals surface area (Å²) < 4.78 is 0. The van der Waals surface area contributed by atoms with E-state index >= 15 is 0 Å². The monoisotopic (exact) mass is 306 g/mol. The van der Waals surface area contributed by atoms with Gasteiger partial charge in [0.25, 0.3) is 0 Å². The fourth-order valence-corrected chi connectivity index (χ4v) is 2.62. The molecule has 0 atom stereocenters. The lowest BCUT2D eigenvalue weighted by molar-refractivity contribution is -0.122. The molecular formula is C15H26N6O. The van der Waals surface area contributed by atoms with Crippen molar-refractivity contribution in [2.45, 2.75) is 58.0 Å². The van der Waals surface area contributed by atoms with Crippen LogP contribution < -0.4 is 22.1 Å². The third-order valence-electron chi connectivity index (χ3n) is 3.77. The zero-order chi connectivity index (χ0) is 16.3. The van der Waals surface area contributed by atoms with Crippen LogP contribution >= 0.6 is 0 Å². The summed E-state index contributed by atoms with van der Waals surface area (Å²) in [6.45, 7) is 6.14. The van der Waals surface area contributed by atoms with Gasteiger partial charge in [0.1, 0.15) is 0 Å². The molecule has 0 aromatic carbocycles. The van der Waals surface area contributed by atoms with Crippen molar-refractivity contribution in [1.29, 1.82) is 0 Å². The molecular weight excluding hydrogens is 280 g/mol. The van der Waals surface area contributed by atoms with Gasteiger partial charge in [-0.05, 0) is 46.5 Å². The second kappa shape index (κ2) is 6.37. The fraction of sp³-hybridized carbons (Fsp3) is 0.667. The van der Waals surface area contributed by atoms with Gasteiger partial charge in [-0.1, -0.05) is 0 Å². The van der Waals surface area contributed by atoms with E-state index in [2.05, 4.69) is 20.6 Å². The zero-order valence-corrected chi connectivity index (χ0v) is 13.5. The predicted molar refractivity (Wildman–Crippen MR) is 88.4 cm³/mol. The van der Waals surface area contributed by atoms with Gasteiger partial charge in [-0.15, -0.1) is 0 Å². The maximum Gasteiger partial charge on any atom is 0.225 e. The average molecular weight is 306 g/mol. The van der Waals surface area contributed by atoms with E-state index in [4.69, 9.17) is 11.5 Å². The molecule has 7 heteroatoms. The number of nitrogens with two attached hydrogens (primary N) is 2. The fourth-order valence-electron chi connectivity index (χ4n) is 2.62. The Hall–Kier alpha value is -2.05. The number of nitrogen functional groups attached to an aromatic ring is 1. The number of carbonyl (C=O) groups is 1. The SMILES string of the molecule is CC(C)(C)Nc1ncc(N)c(NC2CCC(C(N)=O)CC2)n1. The summed E-state index contributed by atoms with van der Waals surface area (Å²) in [4.78, 5) is 19.9. The highest BCUT2D eigenvalue weighted by atomic mass is 16.1. The van der Waals surface area contributed by atoms with Crippen LogP contribution in [0.4, 0.5) is 17.5 Å². The molecule has 0 saturated heterocycles. The second-order valence-electron chi connectivity index (χ2n) is 6.97. The number of rotatable bonds is 4. The molecule has 0 aliphatic heterocycles.